The van der Waals surface area contributed by atoms with Crippen LogP contribution in [0.3, 0.4) is 0 Å². The van der Waals surface area contributed by atoms with Crippen molar-refractivity contribution in [2.45, 2.75) is 33.7 Å². The molecule has 1 atom stereocenters. The number of nitrogens with zero attached hydrogens (tertiary/aromatic N) is 2. The topological polar surface area (TPSA) is 33.6 Å². The number of pyridine rings is 1. The van der Waals surface area contributed by atoms with E-state index >= 15 is 0 Å². The third-order valence-corrected chi connectivity index (χ3v) is 4.20. The normalized spacial score (nSPS) is 21.9. The molecule has 0 bridgehead atoms. The molecule has 1 aliphatic rings. The van der Waals surface area contributed by atoms with Crippen molar-refractivity contribution in [2.24, 2.45) is 11.3 Å². The number of rotatable bonds is 2. The summed E-state index contributed by atoms with van der Waals surface area (Å²) in [4.78, 5) is 7.82. The molecule has 1 N–H and O–H groups in total. The molecule has 4 heteroatoms. The lowest BCUT2D eigenvalue weighted by molar-refractivity contribution is 0.500. The van der Waals surface area contributed by atoms with Gasteiger partial charge < -0.3 is 9.55 Å². The number of aromatic nitrogens is 3. The summed E-state index contributed by atoms with van der Waals surface area (Å²) in [5.74, 6) is 0.732. The first-order chi connectivity index (χ1) is 7.97. The van der Waals surface area contributed by atoms with E-state index in [1.165, 1.54) is 6.42 Å². The first-order valence-electron chi connectivity index (χ1n) is 6.03. The number of hydrogen-bond acceptors (Lipinski definition) is 2. The summed E-state index contributed by atoms with van der Waals surface area (Å²) in [6.07, 6.45) is 1.28. The van der Waals surface area contributed by atoms with E-state index in [0.29, 0.717) is 5.41 Å². The Morgan fingerprint density at radius 1 is 1.53 bits per heavy atom. The maximum absolute atomic E-state index is 5.38. The molecule has 0 spiro atoms. The van der Waals surface area contributed by atoms with Crippen LogP contribution in [-0.2, 0) is 6.54 Å². The second-order valence-corrected chi connectivity index (χ2v) is 6.14. The molecular weight excluding hydrogens is 230 g/mol. The number of H-pyrrole nitrogens is 1. The van der Waals surface area contributed by atoms with Crippen molar-refractivity contribution >= 4 is 23.4 Å². The van der Waals surface area contributed by atoms with Crippen LogP contribution < -0.4 is 0 Å². The van der Waals surface area contributed by atoms with Gasteiger partial charge in [0.25, 0.3) is 0 Å². The average molecular weight is 247 g/mol. The first-order valence-corrected chi connectivity index (χ1v) is 6.44. The number of nitrogens with one attached hydrogen (secondary N) is 1. The SMILES string of the molecule is Cc1ccc2[nH]c(=S)n(CC3CC3(C)C)c2n1. The zero-order valence-electron chi connectivity index (χ0n) is 10.4. The second kappa shape index (κ2) is 3.42. The summed E-state index contributed by atoms with van der Waals surface area (Å²) in [5.41, 5.74) is 3.55. The summed E-state index contributed by atoms with van der Waals surface area (Å²) >= 11 is 5.38. The molecule has 2 heterocycles. The number of aryl methyl sites for hydroxylation is 1. The Morgan fingerprint density at radius 2 is 2.24 bits per heavy atom. The van der Waals surface area contributed by atoms with E-state index in [0.717, 1.165) is 34.1 Å². The lowest BCUT2D eigenvalue weighted by atomic mass is 10.1. The van der Waals surface area contributed by atoms with Crippen LogP contribution in [0.5, 0.6) is 0 Å². The van der Waals surface area contributed by atoms with E-state index < -0.39 is 0 Å². The molecule has 17 heavy (non-hydrogen) atoms. The number of fused-ring (bicyclic) bond motifs is 1. The maximum atomic E-state index is 5.38. The van der Waals surface area contributed by atoms with Gasteiger partial charge in [-0.1, -0.05) is 13.8 Å². The second-order valence-electron chi connectivity index (χ2n) is 5.75. The van der Waals surface area contributed by atoms with Gasteiger partial charge in [0.1, 0.15) is 0 Å². The van der Waals surface area contributed by atoms with Gasteiger partial charge in [-0.05, 0) is 49.0 Å². The molecule has 3 nitrogen and oxygen atoms in total. The zero-order chi connectivity index (χ0) is 12.2. The third-order valence-electron chi connectivity index (χ3n) is 3.88. The highest BCUT2D eigenvalue weighted by Gasteiger charge is 2.45. The van der Waals surface area contributed by atoms with Crippen molar-refractivity contribution in [3.8, 4) is 0 Å². The third kappa shape index (κ3) is 1.80. The van der Waals surface area contributed by atoms with Crippen molar-refractivity contribution in [3.05, 3.63) is 22.6 Å². The highest BCUT2D eigenvalue weighted by atomic mass is 32.1. The first kappa shape index (κ1) is 11.0. The molecule has 0 aliphatic heterocycles. The standard InChI is InChI=1S/C13H17N3S/c1-8-4-5-10-11(14-8)16(12(17)15-10)7-9-6-13(9,2)3/h4-5,9H,6-7H2,1-3H3,(H,15,17). The van der Waals surface area contributed by atoms with Gasteiger partial charge in [-0.25, -0.2) is 4.98 Å². The fourth-order valence-corrected chi connectivity index (χ4v) is 2.67. The predicted octanol–water partition coefficient (Wildman–Crippen LogP) is 3.45. The molecule has 2 aromatic heterocycles. The molecule has 90 valence electrons. The van der Waals surface area contributed by atoms with Crippen LogP contribution in [-0.4, -0.2) is 14.5 Å². The van der Waals surface area contributed by atoms with Gasteiger partial charge in [0.2, 0.25) is 0 Å². The van der Waals surface area contributed by atoms with Gasteiger partial charge in [-0.2, -0.15) is 0 Å². The Kier molecular flexibility index (Phi) is 2.20. The van der Waals surface area contributed by atoms with Crippen molar-refractivity contribution in [1.29, 1.82) is 0 Å². The van der Waals surface area contributed by atoms with Crippen molar-refractivity contribution < 1.29 is 0 Å². The lowest BCUT2D eigenvalue weighted by Gasteiger charge is -2.05. The zero-order valence-corrected chi connectivity index (χ0v) is 11.3. The molecule has 3 rings (SSSR count). The highest BCUT2D eigenvalue weighted by Crippen LogP contribution is 2.52. The Morgan fingerprint density at radius 3 is 2.88 bits per heavy atom. The van der Waals surface area contributed by atoms with Crippen molar-refractivity contribution in [1.82, 2.24) is 14.5 Å². The number of aromatic amines is 1. The van der Waals surface area contributed by atoms with Crippen LogP contribution >= 0.6 is 12.2 Å². The summed E-state index contributed by atoms with van der Waals surface area (Å²) in [5, 5.41) is 0. The minimum atomic E-state index is 0.474. The molecule has 0 aromatic carbocycles. The molecule has 2 aromatic rings. The largest absolute Gasteiger partial charge is 0.329 e. The molecule has 1 saturated carbocycles. The summed E-state index contributed by atoms with van der Waals surface area (Å²) < 4.78 is 2.94. The molecule has 1 aliphatic carbocycles. The average Bonchev–Trinajstić information content (AvgIpc) is 2.73. The fraction of sp³-hybridized carbons (Fsp3) is 0.538. The molecule has 0 saturated heterocycles. The van der Waals surface area contributed by atoms with E-state index in [-0.39, 0.29) is 0 Å². The fourth-order valence-electron chi connectivity index (χ4n) is 2.40. The Balaban J connectivity index is 2.06. The van der Waals surface area contributed by atoms with E-state index in [1.54, 1.807) is 0 Å². The predicted molar refractivity (Wildman–Crippen MR) is 71.5 cm³/mol. The van der Waals surface area contributed by atoms with Crippen LogP contribution in [0, 0.1) is 23.0 Å². The summed E-state index contributed by atoms with van der Waals surface area (Å²) in [6.45, 7) is 7.63. The maximum Gasteiger partial charge on any atom is 0.179 e. The molecule has 0 radical (unpaired) electrons. The summed E-state index contributed by atoms with van der Waals surface area (Å²) in [6, 6.07) is 4.07. The number of hydrogen-bond donors (Lipinski definition) is 1. The molecule has 0 amide bonds. The quantitative estimate of drug-likeness (QED) is 0.825. The minimum Gasteiger partial charge on any atom is -0.329 e. The van der Waals surface area contributed by atoms with Gasteiger partial charge in [-0.15, -0.1) is 0 Å². The monoisotopic (exact) mass is 247 g/mol. The van der Waals surface area contributed by atoms with E-state index in [4.69, 9.17) is 12.2 Å². The number of imidazole rings is 1. The van der Waals surface area contributed by atoms with Crippen LogP contribution in [0.1, 0.15) is 26.0 Å². The van der Waals surface area contributed by atoms with Gasteiger partial charge in [0.05, 0.1) is 5.52 Å². The smallest absolute Gasteiger partial charge is 0.179 e. The molecule has 1 fully saturated rings. The van der Waals surface area contributed by atoms with E-state index in [1.807, 2.05) is 13.0 Å². The van der Waals surface area contributed by atoms with E-state index in [9.17, 15) is 0 Å². The Hall–Kier alpha value is -1.16. The van der Waals surface area contributed by atoms with Crippen LogP contribution in [0.4, 0.5) is 0 Å². The Bertz CT molecular complexity index is 636. The van der Waals surface area contributed by atoms with Crippen molar-refractivity contribution in [2.75, 3.05) is 0 Å². The van der Waals surface area contributed by atoms with Gasteiger partial charge >= 0.3 is 0 Å². The summed E-state index contributed by atoms with van der Waals surface area (Å²) in [7, 11) is 0. The van der Waals surface area contributed by atoms with Gasteiger partial charge in [-0.3, -0.25) is 0 Å². The molecular formula is C13H17N3S. The highest BCUT2D eigenvalue weighted by molar-refractivity contribution is 7.71. The van der Waals surface area contributed by atoms with Crippen LogP contribution in [0.25, 0.3) is 11.2 Å². The molecule has 1 unspecified atom stereocenters. The van der Waals surface area contributed by atoms with E-state index in [2.05, 4.69) is 34.4 Å². The van der Waals surface area contributed by atoms with Crippen LogP contribution in [0.15, 0.2) is 12.1 Å². The minimum absolute atomic E-state index is 0.474. The lowest BCUT2D eigenvalue weighted by Crippen LogP contribution is -2.04. The Labute approximate surface area is 106 Å². The van der Waals surface area contributed by atoms with Gasteiger partial charge in [0.15, 0.2) is 10.4 Å². The van der Waals surface area contributed by atoms with Crippen LogP contribution in [0.2, 0.25) is 0 Å². The van der Waals surface area contributed by atoms with Crippen molar-refractivity contribution in [3.63, 3.8) is 0 Å². The van der Waals surface area contributed by atoms with Gasteiger partial charge in [0, 0.05) is 12.2 Å².